The van der Waals surface area contributed by atoms with Crippen LogP contribution in [0.4, 0.5) is 22.7 Å². The van der Waals surface area contributed by atoms with Gasteiger partial charge in [-0.25, -0.2) is 0 Å². The number of anilines is 4. The normalized spacial score (nSPS) is 14.0. The SMILES string of the molecule is CN(C)c1ccc(C2(c3ccc(N(C)C)cc3)SC(c3ccc(N(C)C)cc3)(c3ccc(N(C)C)cc3)c3ccc4ccccc4c3-c3c2ccc2ccccc32)cc1. The van der Waals surface area contributed by atoms with Crippen LogP contribution in [0, 0.1) is 0 Å². The Morgan fingerprint density at radius 3 is 0.847 bits per heavy atom. The Morgan fingerprint density at radius 1 is 0.305 bits per heavy atom. The summed E-state index contributed by atoms with van der Waals surface area (Å²) >= 11 is 2.06. The van der Waals surface area contributed by atoms with Crippen molar-refractivity contribution in [1.82, 2.24) is 0 Å². The minimum absolute atomic E-state index is 0.699. The summed E-state index contributed by atoms with van der Waals surface area (Å²) in [6, 6.07) is 64.9. The highest BCUT2D eigenvalue weighted by Gasteiger charge is 2.53. The second kappa shape index (κ2) is 14.9. The smallest absolute Gasteiger partial charge is 0.0928 e. The third kappa shape index (κ3) is 6.22. The highest BCUT2D eigenvalue weighted by Crippen LogP contribution is 2.67. The Labute approximate surface area is 354 Å². The summed E-state index contributed by atoms with van der Waals surface area (Å²) in [7, 11) is 17.0. The molecular formula is C54H52N4S. The van der Waals surface area contributed by atoms with E-state index in [2.05, 4.69) is 258 Å². The minimum Gasteiger partial charge on any atom is -0.378 e. The molecular weight excluding hydrogens is 737 g/mol. The zero-order chi connectivity index (χ0) is 41.1. The van der Waals surface area contributed by atoms with Crippen LogP contribution in [0.5, 0.6) is 0 Å². The van der Waals surface area contributed by atoms with Crippen LogP contribution in [0.2, 0.25) is 0 Å². The van der Waals surface area contributed by atoms with Crippen LogP contribution in [0.25, 0.3) is 32.7 Å². The molecule has 0 aliphatic carbocycles. The van der Waals surface area contributed by atoms with Crippen molar-refractivity contribution in [3.63, 3.8) is 0 Å². The predicted octanol–water partition coefficient (Wildman–Crippen LogP) is 12.3. The average molecular weight is 789 g/mol. The number of hydrogen-bond acceptors (Lipinski definition) is 5. The summed E-state index contributed by atoms with van der Waals surface area (Å²) in [4.78, 5) is 8.76. The molecule has 1 heterocycles. The number of thioether (sulfide) groups is 1. The molecule has 294 valence electrons. The molecule has 1 aliphatic heterocycles. The molecule has 5 heteroatoms. The maximum Gasteiger partial charge on any atom is 0.0928 e. The topological polar surface area (TPSA) is 13.0 Å². The van der Waals surface area contributed by atoms with Crippen molar-refractivity contribution in [2.24, 2.45) is 0 Å². The molecule has 4 nitrogen and oxygen atoms in total. The monoisotopic (exact) mass is 788 g/mol. The van der Waals surface area contributed by atoms with Gasteiger partial charge in [-0.15, -0.1) is 11.8 Å². The number of fused-ring (bicyclic) bond motifs is 7. The van der Waals surface area contributed by atoms with E-state index < -0.39 is 9.49 Å². The van der Waals surface area contributed by atoms with Gasteiger partial charge in [0.1, 0.15) is 0 Å². The Bertz CT molecular complexity index is 2490. The molecule has 8 aromatic rings. The van der Waals surface area contributed by atoms with Crippen LogP contribution in [0.1, 0.15) is 33.4 Å². The fourth-order valence-electron chi connectivity index (χ4n) is 9.18. The lowest BCUT2D eigenvalue weighted by Gasteiger charge is -2.44. The van der Waals surface area contributed by atoms with Crippen molar-refractivity contribution in [2.75, 3.05) is 76.0 Å². The van der Waals surface area contributed by atoms with Crippen LogP contribution in [-0.4, -0.2) is 56.4 Å². The van der Waals surface area contributed by atoms with E-state index in [9.17, 15) is 0 Å². The Balaban J connectivity index is 1.54. The average Bonchev–Trinajstić information content (AvgIpc) is 3.39. The molecule has 0 spiro atoms. The number of nitrogens with zero attached hydrogens (tertiary/aromatic N) is 4. The Hall–Kier alpha value is -6.17. The van der Waals surface area contributed by atoms with E-state index in [1.165, 1.54) is 88.8 Å². The van der Waals surface area contributed by atoms with E-state index in [0.717, 1.165) is 0 Å². The van der Waals surface area contributed by atoms with E-state index in [1.54, 1.807) is 0 Å². The minimum atomic E-state index is -0.699. The first kappa shape index (κ1) is 38.4. The van der Waals surface area contributed by atoms with Crippen LogP contribution in [0.3, 0.4) is 0 Å². The van der Waals surface area contributed by atoms with Crippen molar-refractivity contribution >= 4 is 56.1 Å². The van der Waals surface area contributed by atoms with Crippen molar-refractivity contribution in [2.45, 2.75) is 9.49 Å². The van der Waals surface area contributed by atoms with Gasteiger partial charge in [-0.2, -0.15) is 0 Å². The molecule has 0 bridgehead atoms. The quantitative estimate of drug-likeness (QED) is 0.152. The molecule has 0 saturated carbocycles. The summed E-state index contributed by atoms with van der Waals surface area (Å²) in [6.45, 7) is 0. The molecule has 8 aromatic carbocycles. The van der Waals surface area contributed by atoms with E-state index >= 15 is 0 Å². The molecule has 0 N–H and O–H groups in total. The maximum atomic E-state index is 2.44. The number of rotatable bonds is 8. The van der Waals surface area contributed by atoms with Crippen molar-refractivity contribution in [1.29, 1.82) is 0 Å². The second-order valence-corrected chi connectivity index (χ2v) is 18.1. The fourth-order valence-corrected chi connectivity index (χ4v) is 11.2. The lowest BCUT2D eigenvalue weighted by molar-refractivity contribution is 0.846. The summed E-state index contributed by atoms with van der Waals surface area (Å²) in [5, 5.41) is 4.97. The molecule has 0 radical (unpaired) electrons. The van der Waals surface area contributed by atoms with E-state index in [4.69, 9.17) is 0 Å². The van der Waals surface area contributed by atoms with Gasteiger partial charge < -0.3 is 19.6 Å². The maximum absolute atomic E-state index is 2.44. The standard InChI is InChI=1S/C54H52N4S/c1-55(2)43-27-19-39(20-28-43)53(40-21-29-44(30-22-40)56(3)4)49-35-17-37-13-9-11-15-47(37)51(49)52-48-16-12-10-14-38(48)18-36-50(52)54(59-53,41-23-31-45(32-24-41)57(5)6)42-25-33-46(34-26-42)58(7)8/h9-36H,1-8H3. The number of hydrogen-bond donors (Lipinski definition) is 0. The predicted molar refractivity (Wildman–Crippen MR) is 257 cm³/mol. The molecule has 0 atom stereocenters. The van der Waals surface area contributed by atoms with Crippen LogP contribution in [0.15, 0.2) is 170 Å². The van der Waals surface area contributed by atoms with Gasteiger partial charge in [0.15, 0.2) is 0 Å². The van der Waals surface area contributed by atoms with Crippen LogP contribution < -0.4 is 19.6 Å². The highest BCUT2D eigenvalue weighted by atomic mass is 32.2. The van der Waals surface area contributed by atoms with Crippen molar-refractivity contribution in [3.05, 3.63) is 203 Å². The first-order chi connectivity index (χ1) is 28.5. The van der Waals surface area contributed by atoms with Crippen molar-refractivity contribution < 1.29 is 0 Å². The largest absolute Gasteiger partial charge is 0.378 e. The zero-order valence-electron chi connectivity index (χ0n) is 35.4. The lowest BCUT2D eigenvalue weighted by Crippen LogP contribution is -2.35. The highest BCUT2D eigenvalue weighted by molar-refractivity contribution is 8.02. The summed E-state index contributed by atoms with van der Waals surface area (Å²) in [5.41, 5.74) is 14.8. The van der Waals surface area contributed by atoms with Gasteiger partial charge in [0.05, 0.1) is 9.49 Å². The van der Waals surface area contributed by atoms with E-state index in [0.29, 0.717) is 0 Å². The Kier molecular flexibility index (Phi) is 9.68. The summed E-state index contributed by atoms with van der Waals surface area (Å²) in [5.74, 6) is 0. The fraction of sp³-hybridized carbons (Fsp3) is 0.185. The molecule has 1 aliphatic rings. The van der Waals surface area contributed by atoms with Gasteiger partial charge in [-0.1, -0.05) is 121 Å². The zero-order valence-corrected chi connectivity index (χ0v) is 36.2. The van der Waals surface area contributed by atoms with Gasteiger partial charge in [0.2, 0.25) is 0 Å². The third-order valence-electron chi connectivity index (χ3n) is 12.3. The molecule has 0 amide bonds. The third-order valence-corrected chi connectivity index (χ3v) is 14.3. The van der Waals surface area contributed by atoms with Crippen molar-refractivity contribution in [3.8, 4) is 11.1 Å². The molecule has 0 saturated heterocycles. The first-order valence-corrected chi connectivity index (χ1v) is 21.2. The van der Waals surface area contributed by atoms with Gasteiger partial charge in [0, 0.05) is 79.1 Å². The second-order valence-electron chi connectivity index (χ2n) is 16.6. The molecule has 59 heavy (non-hydrogen) atoms. The Morgan fingerprint density at radius 2 is 0.576 bits per heavy atom. The summed E-state index contributed by atoms with van der Waals surface area (Å²) < 4.78 is -1.40. The molecule has 0 aromatic heterocycles. The van der Waals surface area contributed by atoms with Gasteiger partial charge in [-0.3, -0.25) is 0 Å². The van der Waals surface area contributed by atoms with Crippen LogP contribution >= 0.6 is 11.8 Å². The lowest BCUT2D eigenvalue weighted by atomic mass is 9.75. The van der Waals surface area contributed by atoms with E-state index in [1.807, 2.05) is 0 Å². The van der Waals surface area contributed by atoms with Gasteiger partial charge >= 0.3 is 0 Å². The summed E-state index contributed by atoms with van der Waals surface area (Å²) in [6.07, 6.45) is 0. The molecule has 0 unspecified atom stereocenters. The van der Waals surface area contributed by atoms with Gasteiger partial charge in [0.25, 0.3) is 0 Å². The number of benzene rings is 8. The van der Waals surface area contributed by atoms with E-state index in [-0.39, 0.29) is 0 Å². The van der Waals surface area contributed by atoms with Crippen LogP contribution in [-0.2, 0) is 9.49 Å². The van der Waals surface area contributed by atoms with Gasteiger partial charge in [-0.05, 0) is 115 Å². The first-order valence-electron chi connectivity index (χ1n) is 20.4. The molecule has 9 rings (SSSR count). The molecule has 0 fully saturated rings.